The number of aromatic nitrogens is 3. The van der Waals surface area contributed by atoms with E-state index < -0.39 is 0 Å². The second-order valence-electron chi connectivity index (χ2n) is 2.59. The Hall–Kier alpha value is -1.000. The van der Waals surface area contributed by atoms with Gasteiger partial charge in [0.2, 0.25) is 0 Å². The molecule has 4 nitrogen and oxygen atoms in total. The summed E-state index contributed by atoms with van der Waals surface area (Å²) in [4.78, 5) is 8.10. The SMILES string of the molecule is Cc1nc(Cn2ccnc2)co1.Cl.Cl. The van der Waals surface area contributed by atoms with Crippen LogP contribution >= 0.6 is 24.8 Å². The number of hydrogen-bond donors (Lipinski definition) is 0. The van der Waals surface area contributed by atoms with Crippen molar-refractivity contribution in [2.45, 2.75) is 13.5 Å². The second kappa shape index (κ2) is 5.67. The molecule has 2 heterocycles. The molecule has 78 valence electrons. The van der Waals surface area contributed by atoms with Crippen molar-refractivity contribution in [2.24, 2.45) is 0 Å². The van der Waals surface area contributed by atoms with Gasteiger partial charge in [-0.2, -0.15) is 0 Å². The Labute approximate surface area is 94.2 Å². The van der Waals surface area contributed by atoms with E-state index in [0.717, 1.165) is 12.2 Å². The second-order valence-corrected chi connectivity index (χ2v) is 2.59. The third-order valence-electron chi connectivity index (χ3n) is 1.57. The fourth-order valence-electron chi connectivity index (χ4n) is 1.05. The van der Waals surface area contributed by atoms with Gasteiger partial charge in [-0.1, -0.05) is 0 Å². The van der Waals surface area contributed by atoms with Crippen molar-refractivity contribution in [1.82, 2.24) is 14.5 Å². The van der Waals surface area contributed by atoms with Crippen molar-refractivity contribution in [3.63, 3.8) is 0 Å². The average molecular weight is 236 g/mol. The first kappa shape index (κ1) is 13.0. The molecule has 14 heavy (non-hydrogen) atoms. The number of oxazole rings is 1. The van der Waals surface area contributed by atoms with E-state index in [-0.39, 0.29) is 24.8 Å². The molecule has 0 bridgehead atoms. The third kappa shape index (κ3) is 3.05. The molecule has 0 spiro atoms. The van der Waals surface area contributed by atoms with E-state index in [9.17, 15) is 0 Å². The van der Waals surface area contributed by atoms with E-state index in [0.29, 0.717) is 5.89 Å². The van der Waals surface area contributed by atoms with Gasteiger partial charge in [-0.05, 0) is 0 Å². The lowest BCUT2D eigenvalue weighted by Crippen LogP contribution is -1.96. The van der Waals surface area contributed by atoms with Crippen molar-refractivity contribution in [1.29, 1.82) is 0 Å². The van der Waals surface area contributed by atoms with Crippen LogP contribution in [0.3, 0.4) is 0 Å². The molecule has 0 fully saturated rings. The summed E-state index contributed by atoms with van der Waals surface area (Å²) in [5.41, 5.74) is 0.922. The van der Waals surface area contributed by atoms with Crippen LogP contribution in [0.4, 0.5) is 0 Å². The zero-order valence-electron chi connectivity index (χ0n) is 7.58. The molecule has 0 N–H and O–H groups in total. The van der Waals surface area contributed by atoms with Crippen molar-refractivity contribution in [3.8, 4) is 0 Å². The van der Waals surface area contributed by atoms with Crippen molar-refractivity contribution < 1.29 is 4.42 Å². The fourth-order valence-corrected chi connectivity index (χ4v) is 1.05. The minimum absolute atomic E-state index is 0. The minimum Gasteiger partial charge on any atom is -0.449 e. The first-order valence-corrected chi connectivity index (χ1v) is 3.71. The van der Waals surface area contributed by atoms with E-state index in [1.54, 1.807) is 18.8 Å². The molecule has 2 rings (SSSR count). The Morgan fingerprint density at radius 1 is 1.43 bits per heavy atom. The van der Waals surface area contributed by atoms with Crippen LogP contribution in [0, 0.1) is 6.92 Å². The number of rotatable bonds is 2. The highest BCUT2D eigenvalue weighted by molar-refractivity contribution is 5.85. The lowest BCUT2D eigenvalue weighted by molar-refractivity contribution is 0.520. The van der Waals surface area contributed by atoms with Crippen LogP contribution in [-0.2, 0) is 6.54 Å². The van der Waals surface area contributed by atoms with Gasteiger partial charge in [-0.15, -0.1) is 24.8 Å². The fraction of sp³-hybridized carbons (Fsp3) is 0.250. The number of halogens is 2. The quantitative estimate of drug-likeness (QED) is 0.801. The normalized spacial score (nSPS) is 8.93. The zero-order valence-corrected chi connectivity index (χ0v) is 9.22. The summed E-state index contributed by atoms with van der Waals surface area (Å²) >= 11 is 0. The van der Waals surface area contributed by atoms with Crippen LogP contribution in [0.15, 0.2) is 29.4 Å². The highest BCUT2D eigenvalue weighted by Crippen LogP contribution is 2.02. The molecule has 0 saturated carbocycles. The predicted molar refractivity (Wildman–Crippen MR) is 57.1 cm³/mol. The maximum absolute atomic E-state index is 5.07. The van der Waals surface area contributed by atoms with Gasteiger partial charge in [0.25, 0.3) is 0 Å². The van der Waals surface area contributed by atoms with Gasteiger partial charge < -0.3 is 8.98 Å². The Kier molecular flexibility index (Phi) is 5.27. The number of imidazole rings is 1. The molecule has 0 amide bonds. The van der Waals surface area contributed by atoms with Gasteiger partial charge >= 0.3 is 0 Å². The summed E-state index contributed by atoms with van der Waals surface area (Å²) in [5.74, 6) is 0.699. The molecule has 2 aromatic rings. The van der Waals surface area contributed by atoms with Crippen molar-refractivity contribution in [3.05, 3.63) is 36.6 Å². The molecule has 0 aliphatic rings. The van der Waals surface area contributed by atoms with E-state index in [2.05, 4.69) is 9.97 Å². The standard InChI is InChI=1S/C8H9N3O.2ClH/c1-7-10-8(5-12-7)4-11-3-2-9-6-11;;/h2-3,5-6H,4H2,1H3;2*1H. The Morgan fingerprint density at radius 3 is 2.71 bits per heavy atom. The Morgan fingerprint density at radius 2 is 2.21 bits per heavy atom. The topological polar surface area (TPSA) is 43.9 Å². The van der Waals surface area contributed by atoms with E-state index in [1.165, 1.54) is 0 Å². The van der Waals surface area contributed by atoms with Crippen LogP contribution in [0.25, 0.3) is 0 Å². The summed E-state index contributed by atoms with van der Waals surface area (Å²) in [6.45, 7) is 2.55. The molecule has 0 aliphatic heterocycles. The summed E-state index contributed by atoms with van der Waals surface area (Å²) < 4.78 is 7.01. The van der Waals surface area contributed by atoms with Crippen LogP contribution in [0.1, 0.15) is 11.6 Å². The predicted octanol–water partition coefficient (Wildman–Crippen LogP) is 2.07. The maximum atomic E-state index is 5.07. The van der Waals surface area contributed by atoms with Gasteiger partial charge in [-0.3, -0.25) is 0 Å². The molecule has 0 aromatic carbocycles. The molecule has 0 saturated heterocycles. The van der Waals surface area contributed by atoms with Crippen molar-refractivity contribution >= 4 is 24.8 Å². The van der Waals surface area contributed by atoms with Gasteiger partial charge in [0, 0.05) is 19.3 Å². The smallest absolute Gasteiger partial charge is 0.191 e. The summed E-state index contributed by atoms with van der Waals surface area (Å²) in [6.07, 6.45) is 7.05. The summed E-state index contributed by atoms with van der Waals surface area (Å²) in [5, 5.41) is 0. The van der Waals surface area contributed by atoms with E-state index in [1.807, 2.05) is 17.7 Å². The van der Waals surface area contributed by atoms with E-state index >= 15 is 0 Å². The average Bonchev–Trinajstić information content (AvgIpc) is 2.63. The highest BCUT2D eigenvalue weighted by atomic mass is 35.5. The molecule has 0 radical (unpaired) electrons. The first-order chi connectivity index (χ1) is 5.84. The molecular weight excluding hydrogens is 225 g/mol. The molecule has 0 atom stereocenters. The summed E-state index contributed by atoms with van der Waals surface area (Å²) in [6, 6.07) is 0. The minimum atomic E-state index is 0. The number of hydrogen-bond acceptors (Lipinski definition) is 3. The van der Waals surface area contributed by atoms with Crippen LogP contribution in [-0.4, -0.2) is 14.5 Å². The number of nitrogens with zero attached hydrogens (tertiary/aromatic N) is 3. The Balaban J connectivity index is 0.000000845. The van der Waals surface area contributed by atoms with E-state index in [4.69, 9.17) is 4.42 Å². The molecular formula is C8H11Cl2N3O. The lowest BCUT2D eigenvalue weighted by Gasteiger charge is -1.94. The monoisotopic (exact) mass is 235 g/mol. The largest absolute Gasteiger partial charge is 0.449 e. The third-order valence-corrected chi connectivity index (χ3v) is 1.57. The first-order valence-electron chi connectivity index (χ1n) is 3.71. The van der Waals surface area contributed by atoms with Crippen LogP contribution in [0.2, 0.25) is 0 Å². The summed E-state index contributed by atoms with van der Waals surface area (Å²) in [7, 11) is 0. The van der Waals surface area contributed by atoms with Crippen LogP contribution < -0.4 is 0 Å². The maximum Gasteiger partial charge on any atom is 0.191 e. The Bertz CT molecular complexity index is 358. The van der Waals surface area contributed by atoms with Gasteiger partial charge in [0.15, 0.2) is 5.89 Å². The number of aryl methyl sites for hydroxylation is 1. The molecule has 0 unspecified atom stereocenters. The molecule has 6 heteroatoms. The van der Waals surface area contributed by atoms with Gasteiger partial charge in [0.1, 0.15) is 6.26 Å². The van der Waals surface area contributed by atoms with Gasteiger partial charge in [-0.25, -0.2) is 9.97 Å². The van der Waals surface area contributed by atoms with Crippen LogP contribution in [0.5, 0.6) is 0 Å². The zero-order chi connectivity index (χ0) is 8.39. The molecule has 2 aromatic heterocycles. The van der Waals surface area contributed by atoms with Crippen molar-refractivity contribution in [2.75, 3.05) is 0 Å². The van der Waals surface area contributed by atoms with Gasteiger partial charge in [0.05, 0.1) is 18.6 Å². The highest BCUT2D eigenvalue weighted by Gasteiger charge is 1.99. The molecule has 0 aliphatic carbocycles. The lowest BCUT2D eigenvalue weighted by atomic mass is 10.5.